The minimum atomic E-state index is -0.577. The minimum Gasteiger partial charge on any atom is -0.455 e. The van der Waals surface area contributed by atoms with E-state index >= 15 is 0 Å². The van der Waals surface area contributed by atoms with Crippen LogP contribution in [0.3, 0.4) is 0 Å². The second-order valence-corrected chi connectivity index (χ2v) is 7.98. The van der Waals surface area contributed by atoms with Gasteiger partial charge in [0, 0.05) is 18.8 Å². The van der Waals surface area contributed by atoms with Crippen LogP contribution in [0.5, 0.6) is 0 Å². The highest BCUT2D eigenvalue weighted by atomic mass is 16.5. The molecule has 0 atom stereocenters. The van der Waals surface area contributed by atoms with Gasteiger partial charge in [0.2, 0.25) is 0 Å². The van der Waals surface area contributed by atoms with E-state index in [-0.39, 0.29) is 17.4 Å². The number of amides is 3. The molecule has 4 rings (SSSR count). The van der Waals surface area contributed by atoms with Gasteiger partial charge in [-0.15, -0.1) is 0 Å². The standard InChI is InChI=1S/C25H24N6O4/c26-15-19-16-27-31(21-9-5-2-6-10-21)23(19)29-22(32)17-35-24(33)18-11-13-30(14-12-18)25(34)28-20-7-3-1-4-8-20/h1-10,16,18H,11-14,17H2,(H,28,34)(H,29,32). The number of ether oxygens (including phenoxy) is 1. The number of urea groups is 1. The van der Waals surface area contributed by atoms with Crippen LogP contribution in [0.25, 0.3) is 5.69 Å². The number of hydrogen-bond acceptors (Lipinski definition) is 6. The molecule has 1 fully saturated rings. The average molecular weight is 473 g/mol. The van der Waals surface area contributed by atoms with Crippen LogP contribution in [-0.2, 0) is 14.3 Å². The number of hydrogen-bond donors (Lipinski definition) is 2. The van der Waals surface area contributed by atoms with Gasteiger partial charge >= 0.3 is 12.0 Å². The van der Waals surface area contributed by atoms with E-state index in [1.165, 1.54) is 10.9 Å². The number of para-hydroxylation sites is 2. The molecule has 1 aliphatic rings. The van der Waals surface area contributed by atoms with E-state index in [0.29, 0.717) is 37.3 Å². The van der Waals surface area contributed by atoms with Crippen molar-refractivity contribution in [3.05, 3.63) is 72.4 Å². The fourth-order valence-corrected chi connectivity index (χ4v) is 3.78. The zero-order valence-corrected chi connectivity index (χ0v) is 18.9. The van der Waals surface area contributed by atoms with Gasteiger partial charge < -0.3 is 20.3 Å². The first-order valence-electron chi connectivity index (χ1n) is 11.2. The lowest BCUT2D eigenvalue weighted by molar-refractivity contribution is -0.152. The highest BCUT2D eigenvalue weighted by Crippen LogP contribution is 2.21. The Morgan fingerprint density at radius 3 is 2.31 bits per heavy atom. The van der Waals surface area contributed by atoms with Crippen LogP contribution in [0.1, 0.15) is 18.4 Å². The lowest BCUT2D eigenvalue weighted by atomic mass is 9.97. The van der Waals surface area contributed by atoms with E-state index in [1.807, 2.05) is 42.5 Å². The van der Waals surface area contributed by atoms with Gasteiger partial charge in [-0.1, -0.05) is 36.4 Å². The second kappa shape index (κ2) is 11.0. The van der Waals surface area contributed by atoms with Crippen molar-refractivity contribution < 1.29 is 19.1 Å². The molecule has 3 amide bonds. The normalized spacial score (nSPS) is 13.5. The molecule has 0 radical (unpaired) electrons. The summed E-state index contributed by atoms with van der Waals surface area (Å²) < 4.78 is 6.66. The monoisotopic (exact) mass is 472 g/mol. The quantitative estimate of drug-likeness (QED) is 0.530. The molecule has 1 saturated heterocycles. The molecule has 0 aliphatic carbocycles. The molecule has 0 unspecified atom stereocenters. The molecule has 2 aromatic carbocycles. The zero-order valence-electron chi connectivity index (χ0n) is 18.9. The molecule has 0 saturated carbocycles. The number of aromatic nitrogens is 2. The van der Waals surface area contributed by atoms with Crippen molar-refractivity contribution in [1.82, 2.24) is 14.7 Å². The largest absolute Gasteiger partial charge is 0.455 e. The third kappa shape index (κ3) is 5.83. The number of carbonyl (C=O) groups excluding carboxylic acids is 3. The number of carbonyl (C=O) groups is 3. The van der Waals surface area contributed by atoms with Crippen molar-refractivity contribution >= 4 is 29.4 Å². The Labute approximate surface area is 202 Å². The van der Waals surface area contributed by atoms with Gasteiger partial charge in [0.15, 0.2) is 12.4 Å². The van der Waals surface area contributed by atoms with E-state index in [1.54, 1.807) is 29.2 Å². The maximum atomic E-state index is 12.5. The Bertz CT molecular complexity index is 1230. The topological polar surface area (TPSA) is 129 Å². The summed E-state index contributed by atoms with van der Waals surface area (Å²) in [5.74, 6) is -1.25. The van der Waals surface area contributed by atoms with Crippen molar-refractivity contribution in [2.24, 2.45) is 5.92 Å². The number of piperidine rings is 1. The lowest BCUT2D eigenvalue weighted by Crippen LogP contribution is -2.43. The number of nitriles is 1. The number of nitrogens with zero attached hydrogens (tertiary/aromatic N) is 4. The van der Waals surface area contributed by atoms with Gasteiger partial charge in [-0.3, -0.25) is 9.59 Å². The Hall–Kier alpha value is -4.65. The predicted molar refractivity (Wildman–Crippen MR) is 128 cm³/mol. The molecule has 2 N–H and O–H groups in total. The summed E-state index contributed by atoms with van der Waals surface area (Å²) >= 11 is 0. The van der Waals surface area contributed by atoms with E-state index in [0.717, 1.165) is 0 Å². The van der Waals surface area contributed by atoms with Crippen LogP contribution < -0.4 is 10.6 Å². The van der Waals surface area contributed by atoms with Crippen LogP contribution in [-0.4, -0.2) is 52.3 Å². The lowest BCUT2D eigenvalue weighted by Gasteiger charge is -2.30. The van der Waals surface area contributed by atoms with Gasteiger partial charge in [-0.05, 0) is 37.1 Å². The third-order valence-electron chi connectivity index (χ3n) is 5.63. The van der Waals surface area contributed by atoms with E-state index in [4.69, 9.17) is 4.74 Å². The van der Waals surface area contributed by atoms with E-state index < -0.39 is 24.4 Å². The highest BCUT2D eigenvalue weighted by Gasteiger charge is 2.29. The molecule has 10 nitrogen and oxygen atoms in total. The van der Waals surface area contributed by atoms with Crippen LogP contribution in [0.15, 0.2) is 66.9 Å². The van der Waals surface area contributed by atoms with Gasteiger partial charge in [0.1, 0.15) is 11.6 Å². The first-order chi connectivity index (χ1) is 17.0. The van der Waals surface area contributed by atoms with Gasteiger partial charge in [0.25, 0.3) is 5.91 Å². The number of esters is 1. The van der Waals surface area contributed by atoms with Crippen molar-refractivity contribution in [3.63, 3.8) is 0 Å². The van der Waals surface area contributed by atoms with Crippen LogP contribution in [0.2, 0.25) is 0 Å². The van der Waals surface area contributed by atoms with E-state index in [9.17, 15) is 19.6 Å². The summed E-state index contributed by atoms with van der Waals surface area (Å²) in [7, 11) is 0. The Balaban J connectivity index is 1.26. The first kappa shape index (κ1) is 23.5. The third-order valence-corrected chi connectivity index (χ3v) is 5.63. The molecular formula is C25H24N6O4. The summed E-state index contributed by atoms with van der Waals surface area (Å²) in [4.78, 5) is 39.0. The van der Waals surface area contributed by atoms with Crippen molar-refractivity contribution in [2.45, 2.75) is 12.8 Å². The molecule has 178 valence electrons. The number of rotatable bonds is 6. The molecule has 2 heterocycles. The van der Waals surface area contributed by atoms with Gasteiger partial charge in [-0.25, -0.2) is 9.48 Å². The maximum absolute atomic E-state index is 12.5. The molecule has 0 spiro atoms. The smallest absolute Gasteiger partial charge is 0.321 e. The number of anilines is 2. The molecule has 1 aromatic heterocycles. The maximum Gasteiger partial charge on any atom is 0.321 e. The minimum absolute atomic E-state index is 0.190. The fraction of sp³-hybridized carbons (Fsp3) is 0.240. The second-order valence-electron chi connectivity index (χ2n) is 7.98. The molecular weight excluding hydrogens is 448 g/mol. The Morgan fingerprint density at radius 1 is 1.00 bits per heavy atom. The summed E-state index contributed by atoms with van der Waals surface area (Å²) in [5.41, 5.74) is 1.57. The summed E-state index contributed by atoms with van der Waals surface area (Å²) in [6, 6.07) is 20.0. The van der Waals surface area contributed by atoms with Gasteiger partial charge in [-0.2, -0.15) is 10.4 Å². The molecule has 1 aliphatic heterocycles. The average Bonchev–Trinajstić information content (AvgIpc) is 3.30. The fourth-order valence-electron chi connectivity index (χ4n) is 3.78. The SMILES string of the molecule is N#Cc1cnn(-c2ccccc2)c1NC(=O)COC(=O)C1CCN(C(=O)Nc2ccccc2)CC1. The number of nitrogens with one attached hydrogen (secondary N) is 2. The highest BCUT2D eigenvalue weighted by molar-refractivity contribution is 5.93. The summed E-state index contributed by atoms with van der Waals surface area (Å²) in [6.07, 6.45) is 2.25. The zero-order chi connectivity index (χ0) is 24.6. The van der Waals surface area contributed by atoms with Crippen LogP contribution in [0.4, 0.5) is 16.3 Å². The number of benzene rings is 2. The summed E-state index contributed by atoms with van der Waals surface area (Å²) in [5, 5.41) is 19.0. The molecule has 10 heteroatoms. The van der Waals surface area contributed by atoms with Crippen molar-refractivity contribution in [3.8, 4) is 11.8 Å². The van der Waals surface area contributed by atoms with Gasteiger partial charge in [0.05, 0.1) is 17.8 Å². The Kier molecular flexibility index (Phi) is 7.37. The summed E-state index contributed by atoms with van der Waals surface area (Å²) in [6.45, 7) is 0.331. The van der Waals surface area contributed by atoms with Crippen LogP contribution in [0, 0.1) is 17.2 Å². The molecule has 35 heavy (non-hydrogen) atoms. The Morgan fingerprint density at radius 2 is 1.66 bits per heavy atom. The van der Waals surface area contributed by atoms with E-state index in [2.05, 4.69) is 15.7 Å². The molecule has 3 aromatic rings. The number of likely N-dealkylation sites (tertiary alicyclic amines) is 1. The molecule has 0 bridgehead atoms. The first-order valence-corrected chi connectivity index (χ1v) is 11.2. The van der Waals surface area contributed by atoms with Crippen molar-refractivity contribution in [2.75, 3.05) is 30.3 Å². The van der Waals surface area contributed by atoms with Crippen LogP contribution >= 0.6 is 0 Å². The van der Waals surface area contributed by atoms with Crippen molar-refractivity contribution in [1.29, 1.82) is 5.26 Å². The predicted octanol–water partition coefficient (Wildman–Crippen LogP) is 3.17.